The first kappa shape index (κ1) is 15.3. The summed E-state index contributed by atoms with van der Waals surface area (Å²) in [5.74, 6) is -1.25. The number of esters is 2. The summed E-state index contributed by atoms with van der Waals surface area (Å²) in [6.45, 7) is -0.291. The average Bonchev–Trinajstić information content (AvgIpc) is 2.92. The maximum Gasteiger partial charge on any atom is 0.350 e. The van der Waals surface area contributed by atoms with E-state index >= 15 is 0 Å². The molecule has 21 heavy (non-hydrogen) atoms. The number of carbonyl (C=O) groups excluding carboxylic acids is 3. The largest absolute Gasteiger partial charge is 0.481 e. The minimum Gasteiger partial charge on any atom is -0.481 e. The summed E-state index contributed by atoms with van der Waals surface area (Å²) >= 11 is 1.09. The lowest BCUT2D eigenvalue weighted by Crippen LogP contribution is -2.49. The summed E-state index contributed by atoms with van der Waals surface area (Å²) in [5, 5.41) is 1.60. The van der Waals surface area contributed by atoms with Crippen LogP contribution in [0, 0.1) is 0 Å². The summed E-state index contributed by atoms with van der Waals surface area (Å²) in [6.07, 6.45) is 0. The van der Waals surface area contributed by atoms with Crippen molar-refractivity contribution >= 4 is 34.9 Å². The molecular weight excluding hydrogens is 300 g/mol. The fourth-order valence-corrected chi connectivity index (χ4v) is 2.80. The van der Waals surface area contributed by atoms with Crippen molar-refractivity contribution < 1.29 is 28.6 Å². The lowest BCUT2D eigenvalue weighted by Gasteiger charge is -2.29. The number of rotatable bonds is 4. The molecule has 2 N–H and O–H groups in total. The molecule has 1 aromatic rings. The molecule has 2 rings (SSSR count). The van der Waals surface area contributed by atoms with Gasteiger partial charge in [-0.2, -0.15) is 0 Å². The Morgan fingerprint density at radius 2 is 2.19 bits per heavy atom. The first-order valence-electron chi connectivity index (χ1n) is 5.96. The van der Waals surface area contributed by atoms with E-state index in [9.17, 15) is 14.4 Å². The highest BCUT2D eigenvalue weighted by atomic mass is 32.1. The van der Waals surface area contributed by atoms with Crippen LogP contribution in [-0.4, -0.2) is 51.3 Å². The number of carbonyl (C=O) groups is 3. The van der Waals surface area contributed by atoms with Gasteiger partial charge in [-0.3, -0.25) is 9.59 Å². The molecule has 1 amide bonds. The number of nitrogens with zero attached hydrogens (tertiary/aromatic N) is 1. The Morgan fingerprint density at radius 3 is 2.81 bits per heavy atom. The van der Waals surface area contributed by atoms with E-state index in [0.29, 0.717) is 5.75 Å². The van der Waals surface area contributed by atoms with Crippen LogP contribution in [0.15, 0.2) is 5.38 Å². The minimum atomic E-state index is -1.02. The monoisotopic (exact) mass is 314 g/mol. The van der Waals surface area contributed by atoms with Gasteiger partial charge in [0, 0.05) is 5.38 Å². The van der Waals surface area contributed by atoms with Crippen LogP contribution >= 0.6 is 11.3 Å². The molecule has 0 bridgehead atoms. The molecule has 1 aliphatic heterocycles. The zero-order chi connectivity index (χ0) is 15.6. The second-order valence-corrected chi connectivity index (χ2v) is 5.07. The van der Waals surface area contributed by atoms with E-state index < -0.39 is 23.9 Å². The molecule has 2 heterocycles. The maximum atomic E-state index is 12.0. The van der Waals surface area contributed by atoms with Crippen LogP contribution in [0.2, 0.25) is 0 Å². The van der Waals surface area contributed by atoms with Crippen molar-refractivity contribution in [2.75, 3.05) is 32.3 Å². The number of thiophene rings is 1. The molecule has 0 saturated carbocycles. The molecule has 1 aromatic heterocycles. The van der Waals surface area contributed by atoms with Crippen LogP contribution in [0.4, 0.5) is 5.69 Å². The van der Waals surface area contributed by atoms with Crippen LogP contribution in [0.25, 0.3) is 0 Å². The van der Waals surface area contributed by atoms with Gasteiger partial charge in [0.1, 0.15) is 16.6 Å². The first-order valence-corrected chi connectivity index (χ1v) is 6.84. The second-order valence-electron chi connectivity index (χ2n) is 4.19. The minimum absolute atomic E-state index is 0.109. The summed E-state index contributed by atoms with van der Waals surface area (Å²) in [5.41, 5.74) is 5.96. The van der Waals surface area contributed by atoms with Crippen molar-refractivity contribution in [3.63, 3.8) is 0 Å². The lowest BCUT2D eigenvalue weighted by atomic mass is 10.2. The van der Waals surface area contributed by atoms with Gasteiger partial charge in [0.05, 0.1) is 20.8 Å². The third-order valence-corrected chi connectivity index (χ3v) is 3.84. The number of anilines is 1. The predicted molar refractivity (Wildman–Crippen MR) is 73.5 cm³/mol. The zero-order valence-electron chi connectivity index (χ0n) is 11.5. The number of ether oxygens (including phenoxy) is 3. The fourth-order valence-electron chi connectivity index (χ4n) is 1.89. The van der Waals surface area contributed by atoms with Gasteiger partial charge in [0.2, 0.25) is 0 Å². The molecule has 0 aromatic carbocycles. The molecule has 0 fully saturated rings. The van der Waals surface area contributed by atoms with Crippen molar-refractivity contribution in [3.05, 3.63) is 10.3 Å². The number of hydrogen-bond acceptors (Lipinski definition) is 8. The van der Waals surface area contributed by atoms with Crippen LogP contribution in [0.1, 0.15) is 9.67 Å². The van der Waals surface area contributed by atoms with E-state index in [0.717, 1.165) is 11.3 Å². The molecule has 1 atom stereocenters. The highest BCUT2D eigenvalue weighted by Crippen LogP contribution is 2.40. The highest BCUT2D eigenvalue weighted by Gasteiger charge is 2.34. The van der Waals surface area contributed by atoms with E-state index in [1.807, 2.05) is 0 Å². The molecule has 1 unspecified atom stereocenters. The van der Waals surface area contributed by atoms with Gasteiger partial charge in [0.25, 0.3) is 5.91 Å². The maximum absolute atomic E-state index is 12.0. The van der Waals surface area contributed by atoms with Gasteiger partial charge in [-0.15, -0.1) is 11.3 Å². The lowest BCUT2D eigenvalue weighted by molar-refractivity contribution is -0.141. The van der Waals surface area contributed by atoms with Crippen LogP contribution in [0.5, 0.6) is 5.75 Å². The van der Waals surface area contributed by atoms with E-state index in [1.54, 1.807) is 5.38 Å². The van der Waals surface area contributed by atoms with Gasteiger partial charge < -0.3 is 24.8 Å². The Kier molecular flexibility index (Phi) is 4.43. The molecule has 0 saturated heterocycles. The van der Waals surface area contributed by atoms with Gasteiger partial charge >= 0.3 is 11.9 Å². The SMILES string of the molecule is COC(=O)c1scc2c1N(CC(N)C(=O)OC)C(=O)CO2. The van der Waals surface area contributed by atoms with Gasteiger partial charge in [-0.05, 0) is 0 Å². The summed E-state index contributed by atoms with van der Waals surface area (Å²) < 4.78 is 14.5. The topological polar surface area (TPSA) is 108 Å². The summed E-state index contributed by atoms with van der Waals surface area (Å²) in [7, 11) is 2.45. The van der Waals surface area contributed by atoms with Crippen LogP contribution in [0.3, 0.4) is 0 Å². The molecule has 8 nitrogen and oxygen atoms in total. The Morgan fingerprint density at radius 1 is 1.48 bits per heavy atom. The smallest absolute Gasteiger partial charge is 0.350 e. The summed E-state index contributed by atoms with van der Waals surface area (Å²) in [6, 6.07) is -1.02. The first-order chi connectivity index (χ1) is 9.99. The van der Waals surface area contributed by atoms with E-state index in [2.05, 4.69) is 9.47 Å². The molecule has 1 aliphatic rings. The summed E-state index contributed by atoms with van der Waals surface area (Å²) in [4.78, 5) is 36.6. The molecule has 9 heteroatoms. The number of hydrogen-bond donors (Lipinski definition) is 1. The molecule has 114 valence electrons. The predicted octanol–water partition coefficient (Wildman–Crippen LogP) is -0.240. The average molecular weight is 314 g/mol. The number of nitrogens with two attached hydrogens (primary N) is 1. The van der Waals surface area contributed by atoms with Crippen LogP contribution in [-0.2, 0) is 19.1 Å². The van der Waals surface area contributed by atoms with Crippen molar-refractivity contribution in [1.82, 2.24) is 0 Å². The Bertz CT molecular complexity index is 584. The normalized spacial score (nSPS) is 15.0. The number of methoxy groups -OCH3 is 2. The van der Waals surface area contributed by atoms with Crippen molar-refractivity contribution in [1.29, 1.82) is 0 Å². The van der Waals surface area contributed by atoms with Gasteiger partial charge in [-0.25, -0.2) is 4.79 Å². The van der Waals surface area contributed by atoms with Crippen molar-refractivity contribution in [3.8, 4) is 5.75 Å². The molecule has 0 radical (unpaired) electrons. The quantitative estimate of drug-likeness (QED) is 0.764. The third-order valence-electron chi connectivity index (χ3n) is 2.91. The van der Waals surface area contributed by atoms with Crippen molar-refractivity contribution in [2.45, 2.75) is 6.04 Å². The molecular formula is C12H14N2O6S. The van der Waals surface area contributed by atoms with Crippen LogP contribution < -0.4 is 15.4 Å². The fraction of sp³-hybridized carbons (Fsp3) is 0.417. The van der Waals surface area contributed by atoms with Crippen molar-refractivity contribution in [2.24, 2.45) is 5.73 Å². The molecule has 0 spiro atoms. The Labute approximate surface area is 124 Å². The zero-order valence-corrected chi connectivity index (χ0v) is 12.3. The van der Waals surface area contributed by atoms with E-state index in [-0.39, 0.29) is 23.7 Å². The standard InChI is InChI=1S/C12H14N2O6S/c1-18-11(16)6(13)3-14-8(15)4-20-7-5-21-10(9(7)14)12(17)19-2/h5-6H,3-4,13H2,1-2H3. The van der Waals surface area contributed by atoms with Gasteiger partial charge in [-0.1, -0.05) is 0 Å². The second kappa shape index (κ2) is 6.10. The molecule has 0 aliphatic carbocycles. The van der Waals surface area contributed by atoms with E-state index in [1.165, 1.54) is 19.1 Å². The van der Waals surface area contributed by atoms with Gasteiger partial charge in [0.15, 0.2) is 12.4 Å². The van der Waals surface area contributed by atoms with E-state index in [4.69, 9.17) is 10.5 Å². The number of fused-ring (bicyclic) bond motifs is 1. The third kappa shape index (κ3) is 2.83. The Hall–Kier alpha value is -2.13. The number of amides is 1. The highest BCUT2D eigenvalue weighted by molar-refractivity contribution is 7.13. The Balaban J connectivity index is 2.35.